The van der Waals surface area contributed by atoms with E-state index in [-0.39, 0.29) is 24.3 Å². The Morgan fingerprint density at radius 3 is 2.35 bits per heavy atom. The van der Waals surface area contributed by atoms with Crippen LogP contribution >= 0.6 is 0 Å². The number of anilines is 1. The van der Waals surface area contributed by atoms with Crippen molar-refractivity contribution in [3.8, 4) is 5.75 Å². The van der Waals surface area contributed by atoms with E-state index in [0.717, 1.165) is 5.75 Å². The van der Waals surface area contributed by atoms with Gasteiger partial charge in [-0.3, -0.25) is 9.59 Å². The Morgan fingerprint density at radius 2 is 1.80 bits per heavy atom. The van der Waals surface area contributed by atoms with Crippen molar-refractivity contribution in [1.29, 1.82) is 0 Å². The molecule has 0 radical (unpaired) electrons. The van der Waals surface area contributed by atoms with Gasteiger partial charge in [0.2, 0.25) is 11.8 Å². The number of benzene rings is 1. The zero-order chi connectivity index (χ0) is 15.0. The first kappa shape index (κ1) is 16.0. The fourth-order valence-electron chi connectivity index (χ4n) is 1.63. The molecule has 0 aliphatic heterocycles. The number of hydrogen-bond donors (Lipinski definition) is 2. The van der Waals surface area contributed by atoms with Gasteiger partial charge in [-0.05, 0) is 37.1 Å². The molecule has 0 aromatic heterocycles. The summed E-state index contributed by atoms with van der Waals surface area (Å²) in [5.74, 6) is 0.688. The molecule has 0 unspecified atom stereocenters. The van der Waals surface area contributed by atoms with E-state index in [0.29, 0.717) is 18.7 Å². The van der Waals surface area contributed by atoms with Gasteiger partial charge < -0.3 is 15.4 Å². The van der Waals surface area contributed by atoms with Gasteiger partial charge in [-0.2, -0.15) is 0 Å². The number of nitrogens with one attached hydrogen (secondary N) is 2. The average Bonchev–Trinajstić information content (AvgIpc) is 2.38. The monoisotopic (exact) mass is 278 g/mol. The molecule has 5 nitrogen and oxygen atoms in total. The second kappa shape index (κ2) is 8.19. The zero-order valence-electron chi connectivity index (χ0n) is 12.2. The lowest BCUT2D eigenvalue weighted by atomic mass is 10.1. The van der Waals surface area contributed by atoms with Crippen LogP contribution in [0.2, 0.25) is 0 Å². The molecule has 0 fully saturated rings. The number of amides is 2. The van der Waals surface area contributed by atoms with Gasteiger partial charge in [0.15, 0.2) is 0 Å². The molecular weight excluding hydrogens is 256 g/mol. The van der Waals surface area contributed by atoms with Gasteiger partial charge in [-0.15, -0.1) is 0 Å². The molecule has 0 aliphatic carbocycles. The molecule has 0 saturated carbocycles. The fourth-order valence-corrected chi connectivity index (χ4v) is 1.63. The van der Waals surface area contributed by atoms with Crippen LogP contribution in [0.3, 0.4) is 0 Å². The first-order valence-corrected chi connectivity index (χ1v) is 6.80. The lowest BCUT2D eigenvalue weighted by molar-refractivity contribution is -0.124. The van der Waals surface area contributed by atoms with Crippen LogP contribution in [0.15, 0.2) is 24.3 Å². The van der Waals surface area contributed by atoms with Crippen molar-refractivity contribution in [2.75, 3.05) is 18.5 Å². The average molecular weight is 278 g/mol. The highest BCUT2D eigenvalue weighted by Crippen LogP contribution is 2.15. The van der Waals surface area contributed by atoms with E-state index >= 15 is 0 Å². The van der Waals surface area contributed by atoms with Gasteiger partial charge in [0.25, 0.3) is 0 Å². The predicted molar refractivity (Wildman–Crippen MR) is 78.7 cm³/mol. The number of ether oxygens (including phenoxy) is 1. The molecular formula is C15H22N2O3. The Balaban J connectivity index is 2.36. The van der Waals surface area contributed by atoms with Crippen molar-refractivity contribution in [3.63, 3.8) is 0 Å². The van der Waals surface area contributed by atoms with E-state index in [9.17, 15) is 9.59 Å². The number of rotatable bonds is 7. The molecule has 1 rings (SSSR count). The van der Waals surface area contributed by atoms with Crippen molar-refractivity contribution in [3.05, 3.63) is 24.3 Å². The summed E-state index contributed by atoms with van der Waals surface area (Å²) in [6.45, 7) is 6.42. The van der Waals surface area contributed by atoms with Crippen LogP contribution in [0.4, 0.5) is 5.69 Å². The lowest BCUT2D eigenvalue weighted by Crippen LogP contribution is -2.33. The lowest BCUT2D eigenvalue weighted by Gasteiger charge is -2.09. The smallest absolute Gasteiger partial charge is 0.243 e. The number of carbonyl (C=O) groups excluding carboxylic acids is 2. The van der Waals surface area contributed by atoms with Crippen molar-refractivity contribution >= 4 is 17.5 Å². The van der Waals surface area contributed by atoms with Crippen LogP contribution in [0.5, 0.6) is 5.75 Å². The minimum atomic E-state index is -0.244. The number of hydrogen-bond acceptors (Lipinski definition) is 3. The summed E-state index contributed by atoms with van der Waals surface area (Å²) >= 11 is 0. The Bertz CT molecular complexity index is 441. The largest absolute Gasteiger partial charge is 0.494 e. The summed E-state index contributed by atoms with van der Waals surface area (Å²) in [6.07, 6.45) is 0.427. The molecule has 1 aromatic rings. The molecule has 110 valence electrons. The van der Waals surface area contributed by atoms with E-state index in [1.807, 2.05) is 20.8 Å². The maximum atomic E-state index is 11.7. The standard InChI is InChI=1S/C15H22N2O3/c1-4-20-13-7-5-12(6-8-13)17-15(19)10-16-14(18)9-11(2)3/h5-8,11H,4,9-10H2,1-3H3,(H,16,18)(H,17,19). The maximum Gasteiger partial charge on any atom is 0.243 e. The van der Waals surface area contributed by atoms with Crippen molar-refractivity contribution < 1.29 is 14.3 Å². The summed E-state index contributed by atoms with van der Waals surface area (Å²) in [4.78, 5) is 23.1. The topological polar surface area (TPSA) is 67.4 Å². The normalized spacial score (nSPS) is 10.2. The highest BCUT2D eigenvalue weighted by molar-refractivity contribution is 5.94. The summed E-state index contributed by atoms with van der Waals surface area (Å²) in [6, 6.07) is 7.10. The Hall–Kier alpha value is -2.04. The Kier molecular flexibility index (Phi) is 6.56. The van der Waals surface area contributed by atoms with Gasteiger partial charge in [-0.1, -0.05) is 13.8 Å². The third-order valence-corrected chi connectivity index (χ3v) is 2.49. The molecule has 0 bridgehead atoms. The van der Waals surface area contributed by atoms with Gasteiger partial charge in [0, 0.05) is 12.1 Å². The van der Waals surface area contributed by atoms with Gasteiger partial charge in [0.05, 0.1) is 13.2 Å². The van der Waals surface area contributed by atoms with Crippen molar-refractivity contribution in [1.82, 2.24) is 5.32 Å². The molecule has 2 N–H and O–H groups in total. The molecule has 20 heavy (non-hydrogen) atoms. The van der Waals surface area contributed by atoms with Crippen LogP contribution in [0.1, 0.15) is 27.2 Å². The second-order valence-corrected chi connectivity index (χ2v) is 4.88. The maximum absolute atomic E-state index is 11.7. The van der Waals surface area contributed by atoms with Crippen molar-refractivity contribution in [2.24, 2.45) is 5.92 Å². The molecule has 0 atom stereocenters. The summed E-state index contributed by atoms with van der Waals surface area (Å²) in [5.41, 5.74) is 0.677. The summed E-state index contributed by atoms with van der Waals surface area (Å²) in [5, 5.41) is 5.30. The first-order chi connectivity index (χ1) is 9.51. The molecule has 0 aliphatic rings. The third-order valence-electron chi connectivity index (χ3n) is 2.49. The van der Waals surface area contributed by atoms with Crippen molar-refractivity contribution in [2.45, 2.75) is 27.2 Å². The quantitative estimate of drug-likeness (QED) is 0.803. The molecule has 5 heteroatoms. The fraction of sp³-hybridized carbons (Fsp3) is 0.467. The van der Waals surface area contributed by atoms with Gasteiger partial charge in [0.1, 0.15) is 5.75 Å². The van der Waals surface area contributed by atoms with Gasteiger partial charge in [-0.25, -0.2) is 0 Å². The molecule has 1 aromatic carbocycles. The summed E-state index contributed by atoms with van der Waals surface area (Å²) in [7, 11) is 0. The SMILES string of the molecule is CCOc1ccc(NC(=O)CNC(=O)CC(C)C)cc1. The minimum absolute atomic E-state index is 0.0151. The zero-order valence-corrected chi connectivity index (χ0v) is 12.2. The molecule has 0 heterocycles. The molecule has 0 saturated heterocycles. The Labute approximate surface area is 119 Å². The van der Waals surface area contributed by atoms with Crippen LogP contribution < -0.4 is 15.4 Å². The van der Waals surface area contributed by atoms with E-state index in [1.165, 1.54) is 0 Å². The van der Waals surface area contributed by atoms with E-state index in [4.69, 9.17) is 4.74 Å². The van der Waals surface area contributed by atoms with Crippen LogP contribution in [0.25, 0.3) is 0 Å². The van der Waals surface area contributed by atoms with E-state index in [1.54, 1.807) is 24.3 Å². The second-order valence-electron chi connectivity index (χ2n) is 4.88. The van der Waals surface area contributed by atoms with Gasteiger partial charge >= 0.3 is 0 Å². The Morgan fingerprint density at radius 1 is 1.15 bits per heavy atom. The third kappa shape index (κ3) is 6.22. The first-order valence-electron chi connectivity index (χ1n) is 6.80. The van der Waals surface area contributed by atoms with Crippen LogP contribution in [0, 0.1) is 5.92 Å². The summed E-state index contributed by atoms with van der Waals surface area (Å²) < 4.78 is 5.31. The number of carbonyl (C=O) groups is 2. The van der Waals surface area contributed by atoms with Crippen LogP contribution in [-0.4, -0.2) is 25.0 Å². The highest BCUT2D eigenvalue weighted by Gasteiger charge is 2.07. The van der Waals surface area contributed by atoms with Crippen LogP contribution in [-0.2, 0) is 9.59 Å². The minimum Gasteiger partial charge on any atom is -0.494 e. The van der Waals surface area contributed by atoms with E-state index < -0.39 is 0 Å². The molecule has 2 amide bonds. The highest BCUT2D eigenvalue weighted by atomic mass is 16.5. The molecule has 0 spiro atoms. The van der Waals surface area contributed by atoms with E-state index in [2.05, 4.69) is 10.6 Å². The predicted octanol–water partition coefficient (Wildman–Crippen LogP) is 2.19.